The Hall–Kier alpha value is -2.08. The molecule has 5 nitrogen and oxygen atoms in total. The third-order valence-corrected chi connectivity index (χ3v) is 4.83. The number of aromatic nitrogens is 1. The SMILES string of the molecule is CCc1ccc(CN(C)C(=NC)NCc2csc(N(C)C)n2)cc1. The second-order valence-corrected chi connectivity index (χ2v) is 6.78. The molecule has 1 aromatic carbocycles. The summed E-state index contributed by atoms with van der Waals surface area (Å²) in [5.74, 6) is 0.869. The van der Waals surface area contributed by atoms with Crippen LogP contribution in [0.25, 0.3) is 0 Å². The number of thiazole rings is 1. The smallest absolute Gasteiger partial charge is 0.194 e. The van der Waals surface area contributed by atoms with Crippen LogP contribution < -0.4 is 10.2 Å². The van der Waals surface area contributed by atoms with Crippen molar-refractivity contribution in [1.82, 2.24) is 15.2 Å². The molecule has 0 radical (unpaired) electrons. The van der Waals surface area contributed by atoms with Gasteiger partial charge in [-0.05, 0) is 17.5 Å². The molecule has 24 heavy (non-hydrogen) atoms. The van der Waals surface area contributed by atoms with Gasteiger partial charge in [0.2, 0.25) is 0 Å². The summed E-state index contributed by atoms with van der Waals surface area (Å²) < 4.78 is 0. The number of nitrogens with zero attached hydrogens (tertiary/aromatic N) is 4. The van der Waals surface area contributed by atoms with Crippen molar-refractivity contribution < 1.29 is 0 Å². The Labute approximate surface area is 149 Å². The quantitative estimate of drug-likeness (QED) is 0.646. The maximum Gasteiger partial charge on any atom is 0.194 e. The molecule has 0 bridgehead atoms. The number of aryl methyl sites for hydroxylation is 1. The topological polar surface area (TPSA) is 43.8 Å². The molecule has 0 aliphatic heterocycles. The van der Waals surface area contributed by atoms with Gasteiger partial charge in [-0.3, -0.25) is 4.99 Å². The lowest BCUT2D eigenvalue weighted by Crippen LogP contribution is -2.38. The van der Waals surface area contributed by atoms with Crippen LogP contribution in [-0.4, -0.2) is 44.0 Å². The molecule has 0 spiro atoms. The van der Waals surface area contributed by atoms with Crippen LogP contribution in [-0.2, 0) is 19.5 Å². The summed E-state index contributed by atoms with van der Waals surface area (Å²) in [5.41, 5.74) is 3.68. The molecule has 0 amide bonds. The standard InChI is InChI=1S/C18H27N5S/c1-6-14-7-9-15(10-8-14)12-23(5)17(19-2)20-11-16-13-24-18(21-16)22(3)4/h7-10,13H,6,11-12H2,1-5H3,(H,19,20). The molecule has 0 aliphatic carbocycles. The van der Waals surface area contributed by atoms with E-state index in [-0.39, 0.29) is 0 Å². The first-order valence-electron chi connectivity index (χ1n) is 8.14. The highest BCUT2D eigenvalue weighted by atomic mass is 32.1. The van der Waals surface area contributed by atoms with Crippen molar-refractivity contribution in [3.8, 4) is 0 Å². The Balaban J connectivity index is 1.91. The number of hydrogen-bond donors (Lipinski definition) is 1. The van der Waals surface area contributed by atoms with E-state index in [0.29, 0.717) is 6.54 Å². The monoisotopic (exact) mass is 345 g/mol. The van der Waals surface area contributed by atoms with E-state index >= 15 is 0 Å². The second kappa shape index (κ2) is 8.68. The number of nitrogens with one attached hydrogen (secondary N) is 1. The lowest BCUT2D eigenvalue weighted by molar-refractivity contribution is 0.476. The van der Waals surface area contributed by atoms with Gasteiger partial charge in [0.15, 0.2) is 11.1 Å². The van der Waals surface area contributed by atoms with Crippen LogP contribution in [0.1, 0.15) is 23.7 Å². The summed E-state index contributed by atoms with van der Waals surface area (Å²) in [6.07, 6.45) is 1.07. The van der Waals surface area contributed by atoms with Crippen LogP contribution >= 0.6 is 11.3 Å². The molecule has 6 heteroatoms. The Morgan fingerprint density at radius 1 is 1.17 bits per heavy atom. The van der Waals surface area contributed by atoms with E-state index in [0.717, 1.165) is 29.8 Å². The fraction of sp³-hybridized carbons (Fsp3) is 0.444. The lowest BCUT2D eigenvalue weighted by atomic mass is 10.1. The predicted octanol–water partition coefficient (Wildman–Crippen LogP) is 2.98. The Bertz CT molecular complexity index is 660. The maximum absolute atomic E-state index is 4.59. The van der Waals surface area contributed by atoms with Gasteiger partial charge < -0.3 is 15.1 Å². The highest BCUT2D eigenvalue weighted by molar-refractivity contribution is 7.13. The van der Waals surface area contributed by atoms with E-state index in [2.05, 4.69) is 63.8 Å². The van der Waals surface area contributed by atoms with Crippen LogP contribution in [0.3, 0.4) is 0 Å². The molecule has 0 saturated carbocycles. The van der Waals surface area contributed by atoms with Gasteiger partial charge in [0.25, 0.3) is 0 Å². The molecular weight excluding hydrogens is 318 g/mol. The van der Waals surface area contributed by atoms with Crippen molar-refractivity contribution in [1.29, 1.82) is 0 Å². The summed E-state index contributed by atoms with van der Waals surface area (Å²) in [6, 6.07) is 8.76. The van der Waals surface area contributed by atoms with Gasteiger partial charge in [0.1, 0.15) is 0 Å². The predicted molar refractivity (Wildman–Crippen MR) is 104 cm³/mol. The van der Waals surface area contributed by atoms with Gasteiger partial charge >= 0.3 is 0 Å². The van der Waals surface area contributed by atoms with Crippen molar-refractivity contribution in [2.24, 2.45) is 4.99 Å². The molecular formula is C18H27N5S. The Morgan fingerprint density at radius 2 is 1.83 bits per heavy atom. The van der Waals surface area contributed by atoms with E-state index in [1.807, 2.05) is 26.0 Å². The molecule has 1 heterocycles. The summed E-state index contributed by atoms with van der Waals surface area (Å²) in [7, 11) is 7.87. The molecule has 130 valence electrons. The molecule has 0 unspecified atom stereocenters. The number of anilines is 1. The number of hydrogen-bond acceptors (Lipinski definition) is 4. The normalized spacial score (nSPS) is 11.5. The molecule has 1 N–H and O–H groups in total. The zero-order valence-electron chi connectivity index (χ0n) is 15.2. The first-order chi connectivity index (χ1) is 11.5. The minimum Gasteiger partial charge on any atom is -0.354 e. The highest BCUT2D eigenvalue weighted by Gasteiger charge is 2.09. The molecule has 2 aromatic rings. The van der Waals surface area contributed by atoms with Crippen LogP contribution in [0, 0.1) is 0 Å². The second-order valence-electron chi connectivity index (χ2n) is 5.94. The summed E-state index contributed by atoms with van der Waals surface area (Å²) in [5, 5.41) is 6.48. The van der Waals surface area contributed by atoms with Crippen molar-refractivity contribution in [3.05, 3.63) is 46.5 Å². The third-order valence-electron chi connectivity index (χ3n) is 3.77. The molecule has 2 rings (SSSR count). The van der Waals surface area contributed by atoms with Crippen molar-refractivity contribution in [2.45, 2.75) is 26.4 Å². The molecule has 0 aliphatic rings. The number of benzene rings is 1. The number of guanidine groups is 1. The van der Waals surface area contributed by atoms with E-state index in [4.69, 9.17) is 0 Å². The first kappa shape index (κ1) is 18.3. The average molecular weight is 346 g/mol. The van der Waals surface area contributed by atoms with E-state index in [9.17, 15) is 0 Å². The van der Waals surface area contributed by atoms with Crippen molar-refractivity contribution in [2.75, 3.05) is 33.1 Å². The van der Waals surface area contributed by atoms with Crippen LogP contribution in [0.5, 0.6) is 0 Å². The largest absolute Gasteiger partial charge is 0.354 e. The lowest BCUT2D eigenvalue weighted by Gasteiger charge is -2.22. The van der Waals surface area contributed by atoms with E-state index in [1.54, 1.807) is 11.3 Å². The minimum atomic E-state index is 0.677. The van der Waals surface area contributed by atoms with Gasteiger partial charge in [-0.1, -0.05) is 31.2 Å². The molecule has 0 fully saturated rings. The van der Waals surface area contributed by atoms with Gasteiger partial charge in [0.05, 0.1) is 12.2 Å². The van der Waals surface area contributed by atoms with Gasteiger partial charge in [-0.2, -0.15) is 0 Å². The molecule has 0 saturated heterocycles. The van der Waals surface area contributed by atoms with Crippen molar-refractivity contribution >= 4 is 22.4 Å². The van der Waals surface area contributed by atoms with Crippen molar-refractivity contribution in [3.63, 3.8) is 0 Å². The number of rotatable bonds is 6. The van der Waals surface area contributed by atoms with Crippen LogP contribution in [0.2, 0.25) is 0 Å². The number of aliphatic imine (C=N–C) groups is 1. The fourth-order valence-corrected chi connectivity index (χ4v) is 3.12. The summed E-state index contributed by atoms with van der Waals surface area (Å²) in [4.78, 5) is 13.1. The summed E-state index contributed by atoms with van der Waals surface area (Å²) in [6.45, 7) is 3.67. The van der Waals surface area contributed by atoms with Gasteiger partial charge in [-0.15, -0.1) is 11.3 Å². The van der Waals surface area contributed by atoms with Crippen LogP contribution in [0.15, 0.2) is 34.6 Å². The average Bonchev–Trinajstić information content (AvgIpc) is 3.05. The maximum atomic E-state index is 4.59. The van der Waals surface area contributed by atoms with Crippen LogP contribution in [0.4, 0.5) is 5.13 Å². The highest BCUT2D eigenvalue weighted by Crippen LogP contribution is 2.17. The Kier molecular flexibility index (Phi) is 6.61. The van der Waals surface area contributed by atoms with Gasteiger partial charge in [0, 0.05) is 40.1 Å². The first-order valence-corrected chi connectivity index (χ1v) is 9.02. The Morgan fingerprint density at radius 3 is 2.38 bits per heavy atom. The van der Waals surface area contributed by atoms with E-state index in [1.165, 1.54) is 11.1 Å². The molecule has 0 atom stereocenters. The zero-order valence-corrected chi connectivity index (χ0v) is 16.0. The third kappa shape index (κ3) is 4.96. The van der Waals surface area contributed by atoms with Gasteiger partial charge in [-0.25, -0.2) is 4.98 Å². The zero-order chi connectivity index (χ0) is 17.5. The minimum absolute atomic E-state index is 0.677. The van der Waals surface area contributed by atoms with E-state index < -0.39 is 0 Å². The fourth-order valence-electron chi connectivity index (χ4n) is 2.37. The molecule has 1 aromatic heterocycles. The summed E-state index contributed by atoms with van der Waals surface area (Å²) >= 11 is 1.65.